The van der Waals surface area contributed by atoms with Crippen LogP contribution in [0.15, 0.2) is 41.2 Å². The van der Waals surface area contributed by atoms with Crippen LogP contribution in [-0.2, 0) is 11.3 Å². The molecule has 0 spiro atoms. The molecule has 2 atom stereocenters. The highest BCUT2D eigenvalue weighted by atomic mass is 16.5. The van der Waals surface area contributed by atoms with Crippen molar-refractivity contribution in [2.24, 2.45) is 0 Å². The van der Waals surface area contributed by atoms with Crippen molar-refractivity contribution in [3.8, 4) is 11.3 Å². The zero-order chi connectivity index (χ0) is 23.7. The number of carboxylic acids is 1. The van der Waals surface area contributed by atoms with Gasteiger partial charge in [0.05, 0.1) is 25.1 Å². The van der Waals surface area contributed by atoms with E-state index in [1.165, 1.54) is 11.8 Å². The highest BCUT2D eigenvalue weighted by Gasteiger charge is 2.34. The van der Waals surface area contributed by atoms with E-state index in [0.29, 0.717) is 18.3 Å². The predicted molar refractivity (Wildman–Crippen MR) is 127 cm³/mol. The topological polar surface area (TPSA) is 102 Å². The van der Waals surface area contributed by atoms with Crippen LogP contribution in [0.1, 0.15) is 72.3 Å². The number of anilines is 1. The number of benzene rings is 1. The molecule has 0 bridgehead atoms. The SMILES string of the molecule is CC[C@H]1C[C@H](OCc2c(-c3ccccc3C)noc2C2CC2)CCN1c1cnc(C(=O)O)cn1. The maximum atomic E-state index is 11.1. The number of nitrogens with zero attached hydrogens (tertiary/aromatic N) is 4. The van der Waals surface area contributed by atoms with Crippen molar-refractivity contribution < 1.29 is 19.2 Å². The summed E-state index contributed by atoms with van der Waals surface area (Å²) in [5.74, 6) is 1.09. The molecule has 5 rings (SSSR count). The summed E-state index contributed by atoms with van der Waals surface area (Å²) >= 11 is 0. The molecular formula is C26H30N4O4. The molecule has 3 aromatic rings. The quantitative estimate of drug-likeness (QED) is 0.500. The monoisotopic (exact) mass is 462 g/mol. The number of carboxylic acid groups (broad SMARTS) is 1. The average molecular weight is 463 g/mol. The van der Waals surface area contributed by atoms with E-state index in [-0.39, 0.29) is 17.8 Å². The second kappa shape index (κ2) is 9.54. The minimum absolute atomic E-state index is 0.0420. The van der Waals surface area contributed by atoms with Crippen LogP contribution in [-0.4, -0.2) is 44.9 Å². The van der Waals surface area contributed by atoms with Gasteiger partial charge in [0, 0.05) is 29.6 Å². The molecule has 0 radical (unpaired) electrons. The maximum Gasteiger partial charge on any atom is 0.356 e. The largest absolute Gasteiger partial charge is 0.476 e. The highest BCUT2D eigenvalue weighted by Crippen LogP contribution is 2.44. The first-order chi connectivity index (χ1) is 16.5. The van der Waals surface area contributed by atoms with Crippen molar-refractivity contribution in [1.82, 2.24) is 15.1 Å². The third-order valence-corrected chi connectivity index (χ3v) is 6.92. The molecule has 1 aliphatic carbocycles. The number of hydrogen-bond donors (Lipinski definition) is 1. The molecule has 2 aliphatic rings. The van der Waals surface area contributed by atoms with Gasteiger partial charge in [0.2, 0.25) is 0 Å². The molecule has 3 heterocycles. The van der Waals surface area contributed by atoms with E-state index >= 15 is 0 Å². The van der Waals surface area contributed by atoms with Crippen molar-refractivity contribution in [2.75, 3.05) is 11.4 Å². The fourth-order valence-corrected chi connectivity index (χ4v) is 4.81. The van der Waals surface area contributed by atoms with Crippen LogP contribution in [0.2, 0.25) is 0 Å². The summed E-state index contributed by atoms with van der Waals surface area (Å²) in [6.45, 7) is 5.53. The van der Waals surface area contributed by atoms with Crippen molar-refractivity contribution in [3.05, 3.63) is 59.2 Å². The summed E-state index contributed by atoms with van der Waals surface area (Å²) in [7, 11) is 0. The van der Waals surface area contributed by atoms with Gasteiger partial charge in [-0.15, -0.1) is 0 Å². The van der Waals surface area contributed by atoms with Crippen LogP contribution in [0.25, 0.3) is 11.3 Å². The van der Waals surface area contributed by atoms with Gasteiger partial charge in [-0.25, -0.2) is 14.8 Å². The van der Waals surface area contributed by atoms with Gasteiger partial charge in [-0.1, -0.05) is 36.3 Å². The predicted octanol–water partition coefficient (Wildman–Crippen LogP) is 4.98. The van der Waals surface area contributed by atoms with Gasteiger partial charge in [0.15, 0.2) is 5.69 Å². The molecule has 1 aliphatic heterocycles. The van der Waals surface area contributed by atoms with Gasteiger partial charge in [-0.3, -0.25) is 0 Å². The summed E-state index contributed by atoms with van der Waals surface area (Å²) in [5, 5.41) is 13.5. The summed E-state index contributed by atoms with van der Waals surface area (Å²) in [6.07, 6.45) is 7.98. The van der Waals surface area contributed by atoms with Crippen molar-refractivity contribution >= 4 is 11.8 Å². The zero-order valence-corrected chi connectivity index (χ0v) is 19.6. The number of piperidine rings is 1. The molecule has 178 valence electrons. The number of aryl methyl sites for hydroxylation is 1. The van der Waals surface area contributed by atoms with Crippen molar-refractivity contribution in [2.45, 2.75) is 70.6 Å². The Hall–Kier alpha value is -3.26. The summed E-state index contributed by atoms with van der Waals surface area (Å²) in [5.41, 5.74) is 4.22. The molecule has 34 heavy (non-hydrogen) atoms. The summed E-state index contributed by atoms with van der Waals surface area (Å²) in [4.78, 5) is 21.7. The van der Waals surface area contributed by atoms with Crippen molar-refractivity contribution in [1.29, 1.82) is 0 Å². The Morgan fingerprint density at radius 2 is 2.03 bits per heavy atom. The Bertz CT molecular complexity index is 1160. The number of rotatable bonds is 8. The Morgan fingerprint density at radius 3 is 2.71 bits per heavy atom. The van der Waals surface area contributed by atoms with Crippen LogP contribution in [0, 0.1) is 6.92 Å². The smallest absolute Gasteiger partial charge is 0.356 e. The fraction of sp³-hybridized carbons (Fsp3) is 0.462. The first kappa shape index (κ1) is 22.5. The van der Waals surface area contributed by atoms with E-state index in [1.54, 1.807) is 6.20 Å². The molecule has 1 aromatic carbocycles. The number of aromatic nitrogens is 3. The van der Waals surface area contributed by atoms with Gasteiger partial charge < -0.3 is 19.3 Å². The molecule has 1 N–H and O–H groups in total. The molecule has 1 saturated carbocycles. The molecule has 2 aromatic heterocycles. The van der Waals surface area contributed by atoms with Crippen LogP contribution in [0.3, 0.4) is 0 Å². The van der Waals surface area contributed by atoms with E-state index in [0.717, 1.165) is 61.2 Å². The third kappa shape index (κ3) is 4.55. The van der Waals surface area contributed by atoms with Crippen LogP contribution < -0.4 is 4.90 Å². The number of carbonyl (C=O) groups is 1. The third-order valence-electron chi connectivity index (χ3n) is 6.92. The number of ether oxygens (including phenoxy) is 1. The van der Waals surface area contributed by atoms with E-state index in [9.17, 15) is 4.79 Å². The molecule has 8 nitrogen and oxygen atoms in total. The summed E-state index contributed by atoms with van der Waals surface area (Å²) in [6, 6.07) is 8.51. The van der Waals surface area contributed by atoms with Gasteiger partial charge in [0.1, 0.15) is 17.3 Å². The second-order valence-electron chi connectivity index (χ2n) is 9.24. The molecule has 2 fully saturated rings. The first-order valence-corrected chi connectivity index (χ1v) is 12.0. The lowest BCUT2D eigenvalue weighted by Crippen LogP contribution is -2.45. The van der Waals surface area contributed by atoms with Crippen LogP contribution >= 0.6 is 0 Å². The Kier molecular flexibility index (Phi) is 6.32. The second-order valence-corrected chi connectivity index (χ2v) is 9.24. The lowest BCUT2D eigenvalue weighted by Gasteiger charge is -2.39. The van der Waals surface area contributed by atoms with Gasteiger partial charge in [-0.05, 0) is 44.6 Å². The first-order valence-electron chi connectivity index (χ1n) is 12.0. The number of aromatic carboxylic acids is 1. The molecule has 1 saturated heterocycles. The summed E-state index contributed by atoms with van der Waals surface area (Å²) < 4.78 is 12.3. The van der Waals surface area contributed by atoms with E-state index < -0.39 is 5.97 Å². The van der Waals surface area contributed by atoms with Crippen LogP contribution in [0.5, 0.6) is 0 Å². The Balaban J connectivity index is 1.29. The Morgan fingerprint density at radius 1 is 1.21 bits per heavy atom. The van der Waals surface area contributed by atoms with E-state index in [1.807, 2.05) is 12.1 Å². The van der Waals surface area contributed by atoms with E-state index in [4.69, 9.17) is 14.4 Å². The molecule has 0 amide bonds. The van der Waals surface area contributed by atoms with Gasteiger partial charge in [0.25, 0.3) is 0 Å². The molecule has 8 heteroatoms. The minimum atomic E-state index is -1.07. The van der Waals surface area contributed by atoms with Gasteiger partial charge >= 0.3 is 5.97 Å². The normalized spacial score (nSPS) is 20.5. The van der Waals surface area contributed by atoms with Crippen LogP contribution in [0.4, 0.5) is 5.82 Å². The molecule has 0 unspecified atom stereocenters. The van der Waals surface area contributed by atoms with E-state index in [2.05, 4.69) is 46.0 Å². The standard InChI is InChI=1S/C26H30N4O4/c1-3-18-12-19(10-11-30(18)23-14-27-22(13-28-23)26(31)32)33-15-21-24(20-7-5-4-6-16(20)2)29-34-25(21)17-8-9-17/h4-7,13-14,17-19H,3,8-12,15H2,1-2H3,(H,31,32)/t18-,19+/m0/s1. The number of hydrogen-bond acceptors (Lipinski definition) is 7. The zero-order valence-electron chi connectivity index (χ0n) is 19.6. The lowest BCUT2D eigenvalue weighted by atomic mass is 9.97. The minimum Gasteiger partial charge on any atom is -0.476 e. The Labute approximate surface area is 199 Å². The van der Waals surface area contributed by atoms with Crippen molar-refractivity contribution in [3.63, 3.8) is 0 Å². The van der Waals surface area contributed by atoms with Gasteiger partial charge in [-0.2, -0.15) is 0 Å². The highest BCUT2D eigenvalue weighted by molar-refractivity contribution is 5.84. The lowest BCUT2D eigenvalue weighted by molar-refractivity contribution is 0.0156. The average Bonchev–Trinajstić information content (AvgIpc) is 3.62. The fourth-order valence-electron chi connectivity index (χ4n) is 4.81. The molecular weight excluding hydrogens is 432 g/mol. The maximum absolute atomic E-state index is 11.1.